The first kappa shape index (κ1) is 18.5. The van der Waals surface area contributed by atoms with E-state index in [9.17, 15) is 9.18 Å². The van der Waals surface area contributed by atoms with Gasteiger partial charge < -0.3 is 21.5 Å². The van der Waals surface area contributed by atoms with Crippen LogP contribution in [0.3, 0.4) is 0 Å². The van der Waals surface area contributed by atoms with Crippen LogP contribution in [0.4, 0.5) is 20.7 Å². The number of aryl methyl sites for hydroxylation is 1. The summed E-state index contributed by atoms with van der Waals surface area (Å²) >= 11 is 0. The fourth-order valence-electron chi connectivity index (χ4n) is 2.37. The predicted molar refractivity (Wildman–Crippen MR) is 96.3 cm³/mol. The van der Waals surface area contributed by atoms with E-state index in [0.29, 0.717) is 22.4 Å². The van der Waals surface area contributed by atoms with E-state index in [-0.39, 0.29) is 12.4 Å². The molecule has 2 aromatic rings. The molecule has 1 aromatic carbocycles. The molecule has 0 fully saturated rings. The van der Waals surface area contributed by atoms with Gasteiger partial charge in [0.2, 0.25) is 0 Å². The molecule has 2 rings (SSSR count). The van der Waals surface area contributed by atoms with Crippen molar-refractivity contribution < 1.29 is 13.9 Å². The standard InChI is InChI=1S/C18H23FN4O2/c1-10-7-11(9-23-17(24)25-18(2,3)4)14(19)8-13(10)12-5-6-22-16(21)15(12)20/h5-8H,9,20H2,1-4H3,(H2,21,22)(H,23,24). The van der Waals surface area contributed by atoms with Gasteiger partial charge in [0.25, 0.3) is 0 Å². The highest BCUT2D eigenvalue weighted by Crippen LogP contribution is 2.32. The number of anilines is 2. The molecule has 1 amide bonds. The molecular weight excluding hydrogens is 323 g/mol. The van der Waals surface area contributed by atoms with E-state index < -0.39 is 17.5 Å². The van der Waals surface area contributed by atoms with Gasteiger partial charge in [-0.15, -0.1) is 0 Å². The van der Waals surface area contributed by atoms with Crippen LogP contribution < -0.4 is 16.8 Å². The Kier molecular flexibility index (Phi) is 5.15. The maximum Gasteiger partial charge on any atom is 0.407 e. The zero-order valence-corrected chi connectivity index (χ0v) is 14.8. The number of ether oxygens (including phenoxy) is 1. The summed E-state index contributed by atoms with van der Waals surface area (Å²) in [6, 6.07) is 4.73. The number of pyridine rings is 1. The number of nitrogen functional groups attached to an aromatic ring is 2. The molecule has 0 aliphatic carbocycles. The number of nitrogens with two attached hydrogens (primary N) is 2. The van der Waals surface area contributed by atoms with Crippen molar-refractivity contribution in [1.82, 2.24) is 10.3 Å². The molecule has 1 heterocycles. The first-order valence-corrected chi connectivity index (χ1v) is 7.84. The predicted octanol–water partition coefficient (Wildman–Crippen LogP) is 3.39. The maximum absolute atomic E-state index is 14.5. The van der Waals surface area contributed by atoms with Gasteiger partial charge in [0.05, 0.1) is 5.69 Å². The normalized spacial score (nSPS) is 11.2. The fraction of sp³-hybridized carbons (Fsp3) is 0.333. The van der Waals surface area contributed by atoms with E-state index in [4.69, 9.17) is 16.2 Å². The lowest BCUT2D eigenvalue weighted by Crippen LogP contribution is -2.32. The zero-order chi connectivity index (χ0) is 18.8. The number of hydrogen-bond acceptors (Lipinski definition) is 5. The van der Waals surface area contributed by atoms with Crippen molar-refractivity contribution in [2.45, 2.75) is 39.8 Å². The lowest BCUT2D eigenvalue weighted by Gasteiger charge is -2.20. The van der Waals surface area contributed by atoms with Crippen molar-refractivity contribution in [2.75, 3.05) is 11.5 Å². The highest BCUT2D eigenvalue weighted by molar-refractivity contribution is 5.84. The summed E-state index contributed by atoms with van der Waals surface area (Å²) in [5.74, 6) is -0.251. The topological polar surface area (TPSA) is 103 Å². The van der Waals surface area contributed by atoms with Crippen molar-refractivity contribution in [1.29, 1.82) is 0 Å². The zero-order valence-electron chi connectivity index (χ0n) is 14.8. The van der Waals surface area contributed by atoms with Crippen molar-refractivity contribution in [3.05, 3.63) is 41.3 Å². The van der Waals surface area contributed by atoms with Crippen molar-refractivity contribution >= 4 is 17.6 Å². The van der Waals surface area contributed by atoms with E-state index in [2.05, 4.69) is 10.3 Å². The molecule has 0 saturated heterocycles. The fourth-order valence-corrected chi connectivity index (χ4v) is 2.37. The van der Waals surface area contributed by atoms with Crippen LogP contribution in [0.15, 0.2) is 24.4 Å². The number of alkyl carbamates (subject to hydrolysis) is 1. The first-order chi connectivity index (χ1) is 11.6. The van der Waals surface area contributed by atoms with Crippen LogP contribution in [0.2, 0.25) is 0 Å². The summed E-state index contributed by atoms with van der Waals surface area (Å²) in [6.45, 7) is 7.14. The van der Waals surface area contributed by atoms with Crippen LogP contribution in [-0.4, -0.2) is 16.7 Å². The number of carbonyl (C=O) groups is 1. The van der Waals surface area contributed by atoms with E-state index in [1.165, 1.54) is 12.3 Å². The SMILES string of the molecule is Cc1cc(CNC(=O)OC(C)(C)C)c(F)cc1-c1ccnc(N)c1N. The number of aromatic nitrogens is 1. The summed E-state index contributed by atoms with van der Waals surface area (Å²) in [4.78, 5) is 15.6. The lowest BCUT2D eigenvalue weighted by atomic mass is 9.97. The number of rotatable bonds is 3. The van der Waals surface area contributed by atoms with E-state index in [1.807, 2.05) is 6.92 Å². The molecule has 0 bridgehead atoms. The number of nitrogens with one attached hydrogen (secondary N) is 1. The second kappa shape index (κ2) is 6.96. The Labute approximate surface area is 146 Å². The van der Waals surface area contributed by atoms with E-state index >= 15 is 0 Å². The van der Waals surface area contributed by atoms with Gasteiger partial charge in [0.1, 0.15) is 17.2 Å². The van der Waals surface area contributed by atoms with Gasteiger partial charge >= 0.3 is 6.09 Å². The summed E-state index contributed by atoms with van der Waals surface area (Å²) in [6.07, 6.45) is 0.927. The van der Waals surface area contributed by atoms with Gasteiger partial charge in [-0.2, -0.15) is 0 Å². The minimum Gasteiger partial charge on any atom is -0.444 e. The molecule has 1 aromatic heterocycles. The quantitative estimate of drug-likeness (QED) is 0.790. The highest BCUT2D eigenvalue weighted by atomic mass is 19.1. The number of amides is 1. The van der Waals surface area contributed by atoms with Crippen LogP contribution in [0.1, 0.15) is 31.9 Å². The number of benzene rings is 1. The average Bonchev–Trinajstić information content (AvgIpc) is 2.49. The number of halogens is 1. The summed E-state index contributed by atoms with van der Waals surface area (Å²) < 4.78 is 19.6. The minimum atomic E-state index is -0.610. The smallest absolute Gasteiger partial charge is 0.407 e. The molecule has 0 spiro atoms. The van der Waals surface area contributed by atoms with E-state index in [1.54, 1.807) is 32.9 Å². The summed E-state index contributed by atoms with van der Waals surface area (Å²) in [7, 11) is 0. The molecule has 6 nitrogen and oxygen atoms in total. The Morgan fingerprint density at radius 1 is 1.28 bits per heavy atom. The number of hydrogen-bond donors (Lipinski definition) is 3. The van der Waals surface area contributed by atoms with Gasteiger partial charge in [0, 0.05) is 23.9 Å². The largest absolute Gasteiger partial charge is 0.444 e. The second-order valence-corrected chi connectivity index (χ2v) is 6.77. The lowest BCUT2D eigenvalue weighted by molar-refractivity contribution is 0.0523. The third kappa shape index (κ3) is 4.59. The van der Waals surface area contributed by atoms with Crippen molar-refractivity contribution in [2.24, 2.45) is 0 Å². The molecule has 0 saturated carbocycles. The number of nitrogens with zero attached hydrogens (tertiary/aromatic N) is 1. The molecule has 0 unspecified atom stereocenters. The van der Waals surface area contributed by atoms with Gasteiger partial charge in [-0.05, 0) is 51.0 Å². The third-order valence-electron chi connectivity index (χ3n) is 3.53. The maximum atomic E-state index is 14.5. The molecular formula is C18H23FN4O2. The van der Waals surface area contributed by atoms with Crippen LogP contribution in [-0.2, 0) is 11.3 Å². The summed E-state index contributed by atoms with van der Waals surface area (Å²) in [5, 5.41) is 2.55. The molecule has 0 atom stereocenters. The third-order valence-corrected chi connectivity index (χ3v) is 3.53. The number of carbonyl (C=O) groups excluding carboxylic acids is 1. The van der Waals surface area contributed by atoms with Gasteiger partial charge in [-0.3, -0.25) is 0 Å². The molecule has 7 heteroatoms. The van der Waals surface area contributed by atoms with Crippen LogP contribution in [0, 0.1) is 12.7 Å². The van der Waals surface area contributed by atoms with Crippen LogP contribution in [0.25, 0.3) is 11.1 Å². The van der Waals surface area contributed by atoms with Gasteiger partial charge in [-0.25, -0.2) is 14.2 Å². The van der Waals surface area contributed by atoms with Crippen molar-refractivity contribution in [3.63, 3.8) is 0 Å². The molecule has 134 valence electrons. The Bertz CT molecular complexity index is 800. The minimum absolute atomic E-state index is 0.0236. The Balaban J connectivity index is 2.23. The molecule has 0 aliphatic heterocycles. The highest BCUT2D eigenvalue weighted by Gasteiger charge is 2.17. The average molecular weight is 346 g/mol. The Morgan fingerprint density at radius 3 is 2.60 bits per heavy atom. The Morgan fingerprint density at radius 2 is 1.96 bits per heavy atom. The Hall–Kier alpha value is -2.83. The van der Waals surface area contributed by atoms with E-state index in [0.717, 1.165) is 5.56 Å². The molecule has 5 N–H and O–H groups in total. The first-order valence-electron chi connectivity index (χ1n) is 7.84. The van der Waals surface area contributed by atoms with Crippen molar-refractivity contribution in [3.8, 4) is 11.1 Å². The monoisotopic (exact) mass is 346 g/mol. The molecule has 0 aliphatic rings. The second-order valence-electron chi connectivity index (χ2n) is 6.77. The summed E-state index contributed by atoms with van der Waals surface area (Å²) in [5.41, 5.74) is 13.8. The van der Waals surface area contributed by atoms with Gasteiger partial charge in [0.15, 0.2) is 0 Å². The van der Waals surface area contributed by atoms with Crippen LogP contribution in [0.5, 0.6) is 0 Å². The molecule has 0 radical (unpaired) electrons. The van der Waals surface area contributed by atoms with Gasteiger partial charge in [-0.1, -0.05) is 6.07 Å². The molecule has 25 heavy (non-hydrogen) atoms. The van der Waals surface area contributed by atoms with Crippen LogP contribution >= 0.6 is 0 Å².